The van der Waals surface area contributed by atoms with Crippen molar-refractivity contribution in [3.63, 3.8) is 0 Å². The Balaban J connectivity index is 2.87. The molecule has 1 saturated heterocycles. The number of nitrogens with zero attached hydrogens (tertiary/aromatic N) is 1. The lowest BCUT2D eigenvalue weighted by Crippen LogP contribution is -2.50. The van der Waals surface area contributed by atoms with E-state index in [0.29, 0.717) is 0 Å². The van der Waals surface area contributed by atoms with E-state index in [2.05, 4.69) is 25.3 Å². The lowest BCUT2D eigenvalue weighted by Gasteiger charge is -2.45. The number of aldehydes is 1. The van der Waals surface area contributed by atoms with Crippen LogP contribution in [0.3, 0.4) is 0 Å². The Morgan fingerprint density at radius 3 is 2.38 bits per heavy atom. The van der Waals surface area contributed by atoms with Gasteiger partial charge >= 0.3 is 0 Å². The van der Waals surface area contributed by atoms with Crippen LogP contribution in [0.2, 0.25) is 0 Å². The van der Waals surface area contributed by atoms with Gasteiger partial charge in [0.25, 0.3) is 0 Å². The molecule has 92 valence electrons. The maximum atomic E-state index is 11.6. The van der Waals surface area contributed by atoms with Crippen LogP contribution in [0, 0.1) is 0 Å². The molecule has 1 aliphatic heterocycles. The minimum Gasteiger partial charge on any atom is -0.363 e. The Morgan fingerprint density at radius 1 is 1.31 bits per heavy atom. The molecular formula is C14H25NO. The van der Waals surface area contributed by atoms with Crippen molar-refractivity contribution >= 4 is 6.29 Å². The molecule has 0 bridgehead atoms. The molecular weight excluding hydrogens is 198 g/mol. The fourth-order valence-electron chi connectivity index (χ4n) is 2.87. The Hall–Kier alpha value is -0.790. The molecule has 0 N–H and O–H groups in total. The van der Waals surface area contributed by atoms with Gasteiger partial charge in [-0.1, -0.05) is 33.3 Å². The van der Waals surface area contributed by atoms with Crippen LogP contribution in [0.4, 0.5) is 0 Å². The maximum absolute atomic E-state index is 11.6. The number of allylic oxidation sites excluding steroid dienone is 1. The molecule has 0 saturated carbocycles. The van der Waals surface area contributed by atoms with Gasteiger partial charge in [0.2, 0.25) is 0 Å². The van der Waals surface area contributed by atoms with Gasteiger partial charge in [-0.25, -0.2) is 0 Å². The van der Waals surface area contributed by atoms with Gasteiger partial charge < -0.3 is 9.69 Å². The average molecular weight is 223 g/mol. The maximum Gasteiger partial charge on any atom is 0.145 e. The second-order valence-corrected chi connectivity index (χ2v) is 4.90. The summed E-state index contributed by atoms with van der Waals surface area (Å²) in [6.07, 6.45) is 8.70. The van der Waals surface area contributed by atoms with Gasteiger partial charge in [-0.3, -0.25) is 0 Å². The first-order valence-electron chi connectivity index (χ1n) is 6.62. The minimum atomic E-state index is -0.263. The fraction of sp³-hybridized carbons (Fsp3) is 0.786. The molecule has 0 aromatic heterocycles. The number of hydrogen-bond acceptors (Lipinski definition) is 2. The predicted molar refractivity (Wildman–Crippen MR) is 68.3 cm³/mol. The third kappa shape index (κ3) is 2.66. The summed E-state index contributed by atoms with van der Waals surface area (Å²) in [5, 5.41) is 0. The minimum absolute atomic E-state index is 0.263. The Kier molecular flexibility index (Phi) is 5.04. The molecule has 2 nitrogen and oxygen atoms in total. The summed E-state index contributed by atoms with van der Waals surface area (Å²) < 4.78 is 0. The van der Waals surface area contributed by atoms with Crippen molar-refractivity contribution in [1.29, 1.82) is 0 Å². The summed E-state index contributed by atoms with van der Waals surface area (Å²) >= 11 is 0. The molecule has 1 rings (SSSR count). The van der Waals surface area contributed by atoms with Crippen LogP contribution in [-0.4, -0.2) is 23.3 Å². The van der Waals surface area contributed by atoms with E-state index in [1.807, 2.05) is 0 Å². The molecule has 1 fully saturated rings. The number of piperidine rings is 1. The highest BCUT2D eigenvalue weighted by Gasteiger charge is 2.36. The van der Waals surface area contributed by atoms with E-state index in [0.717, 1.165) is 38.6 Å². The number of rotatable bonds is 6. The van der Waals surface area contributed by atoms with Crippen LogP contribution in [0.1, 0.15) is 58.8 Å². The van der Waals surface area contributed by atoms with Gasteiger partial charge in [0.15, 0.2) is 0 Å². The molecule has 0 unspecified atom stereocenters. The second kappa shape index (κ2) is 6.07. The molecule has 0 spiro atoms. The van der Waals surface area contributed by atoms with Crippen molar-refractivity contribution < 1.29 is 4.79 Å². The highest BCUT2D eigenvalue weighted by atomic mass is 16.1. The second-order valence-electron chi connectivity index (χ2n) is 4.90. The molecule has 2 heteroatoms. The first kappa shape index (κ1) is 13.3. The normalized spacial score (nSPS) is 17.6. The number of carbonyl (C=O) groups is 1. The SMILES string of the molecule is C=C1CCCCN1C(C=O)(CCC)CCC. The van der Waals surface area contributed by atoms with Crippen molar-refractivity contribution in [3.8, 4) is 0 Å². The molecule has 0 aliphatic carbocycles. The van der Waals surface area contributed by atoms with Gasteiger partial charge in [-0.2, -0.15) is 0 Å². The monoisotopic (exact) mass is 223 g/mol. The Labute approximate surface area is 99.7 Å². The van der Waals surface area contributed by atoms with E-state index in [4.69, 9.17) is 0 Å². The van der Waals surface area contributed by atoms with Gasteiger partial charge in [-0.15, -0.1) is 0 Å². The zero-order valence-electron chi connectivity index (χ0n) is 10.8. The van der Waals surface area contributed by atoms with Crippen molar-refractivity contribution in [3.05, 3.63) is 12.3 Å². The lowest BCUT2D eigenvalue weighted by molar-refractivity contribution is -0.119. The zero-order valence-corrected chi connectivity index (χ0v) is 10.8. The first-order chi connectivity index (χ1) is 7.70. The highest BCUT2D eigenvalue weighted by molar-refractivity contribution is 5.65. The molecule has 0 atom stereocenters. The molecule has 0 aromatic rings. The summed E-state index contributed by atoms with van der Waals surface area (Å²) in [6.45, 7) is 9.46. The topological polar surface area (TPSA) is 20.3 Å². The van der Waals surface area contributed by atoms with Gasteiger partial charge in [0.05, 0.1) is 5.54 Å². The van der Waals surface area contributed by atoms with Crippen molar-refractivity contribution in [1.82, 2.24) is 4.90 Å². The first-order valence-corrected chi connectivity index (χ1v) is 6.62. The van der Waals surface area contributed by atoms with E-state index in [1.54, 1.807) is 0 Å². The van der Waals surface area contributed by atoms with E-state index >= 15 is 0 Å². The number of carbonyl (C=O) groups excluding carboxylic acids is 1. The van der Waals surface area contributed by atoms with E-state index in [9.17, 15) is 4.79 Å². The molecule has 1 aliphatic rings. The van der Waals surface area contributed by atoms with Gasteiger partial charge in [0.1, 0.15) is 6.29 Å². The third-order valence-electron chi connectivity index (χ3n) is 3.60. The summed E-state index contributed by atoms with van der Waals surface area (Å²) in [7, 11) is 0. The molecule has 0 radical (unpaired) electrons. The third-order valence-corrected chi connectivity index (χ3v) is 3.60. The fourth-order valence-corrected chi connectivity index (χ4v) is 2.87. The van der Waals surface area contributed by atoms with E-state index in [1.165, 1.54) is 24.8 Å². The number of hydrogen-bond donors (Lipinski definition) is 0. The smallest absolute Gasteiger partial charge is 0.145 e. The van der Waals surface area contributed by atoms with E-state index in [-0.39, 0.29) is 5.54 Å². The Morgan fingerprint density at radius 2 is 1.94 bits per heavy atom. The standard InChI is InChI=1S/C14H25NO/c1-4-9-14(12-16,10-5-2)15-11-7-6-8-13(15)3/h12H,3-11H2,1-2H3. The molecule has 16 heavy (non-hydrogen) atoms. The quantitative estimate of drug-likeness (QED) is 0.642. The van der Waals surface area contributed by atoms with Crippen molar-refractivity contribution in [2.45, 2.75) is 64.3 Å². The predicted octanol–water partition coefficient (Wildman–Crippen LogP) is 3.52. The van der Waals surface area contributed by atoms with E-state index < -0.39 is 0 Å². The summed E-state index contributed by atoms with van der Waals surface area (Å²) in [5.74, 6) is 0. The zero-order chi connectivity index (χ0) is 12.0. The highest BCUT2D eigenvalue weighted by Crippen LogP contribution is 2.33. The molecule has 1 heterocycles. The van der Waals surface area contributed by atoms with Crippen LogP contribution in [0.15, 0.2) is 12.3 Å². The van der Waals surface area contributed by atoms with Gasteiger partial charge in [0, 0.05) is 12.2 Å². The summed E-state index contributed by atoms with van der Waals surface area (Å²) in [5.41, 5.74) is 0.904. The lowest BCUT2D eigenvalue weighted by atomic mass is 9.86. The van der Waals surface area contributed by atoms with Crippen LogP contribution in [0.5, 0.6) is 0 Å². The summed E-state index contributed by atoms with van der Waals surface area (Å²) in [4.78, 5) is 13.9. The molecule has 0 aromatic carbocycles. The largest absolute Gasteiger partial charge is 0.363 e. The van der Waals surface area contributed by atoms with Crippen LogP contribution in [0.25, 0.3) is 0 Å². The van der Waals surface area contributed by atoms with Crippen molar-refractivity contribution in [2.75, 3.05) is 6.54 Å². The van der Waals surface area contributed by atoms with Gasteiger partial charge in [-0.05, 0) is 32.1 Å². The summed E-state index contributed by atoms with van der Waals surface area (Å²) in [6, 6.07) is 0. The van der Waals surface area contributed by atoms with Crippen LogP contribution >= 0.6 is 0 Å². The number of likely N-dealkylation sites (tertiary alicyclic amines) is 1. The van der Waals surface area contributed by atoms with Crippen LogP contribution < -0.4 is 0 Å². The van der Waals surface area contributed by atoms with Crippen molar-refractivity contribution in [2.24, 2.45) is 0 Å². The Bertz CT molecular complexity index is 241. The van der Waals surface area contributed by atoms with Crippen LogP contribution in [-0.2, 0) is 4.79 Å². The molecule has 0 amide bonds. The average Bonchev–Trinajstić information content (AvgIpc) is 2.29.